The molecule has 0 radical (unpaired) electrons. The number of piperazine rings is 1. The molecule has 2 amide bonds. The van der Waals surface area contributed by atoms with Crippen molar-refractivity contribution >= 4 is 17.5 Å². The molecule has 0 unspecified atom stereocenters. The van der Waals surface area contributed by atoms with Gasteiger partial charge in [-0.1, -0.05) is 18.2 Å². The number of fused-ring (bicyclic) bond motifs is 1. The molecule has 1 aromatic heterocycles. The first-order valence-electron chi connectivity index (χ1n) is 9.60. The lowest BCUT2D eigenvalue weighted by atomic mass is 10.1. The van der Waals surface area contributed by atoms with E-state index < -0.39 is 0 Å². The van der Waals surface area contributed by atoms with Crippen molar-refractivity contribution in [3.05, 3.63) is 48.4 Å². The number of nitrogens with zero attached hydrogens (tertiary/aromatic N) is 5. The van der Waals surface area contributed by atoms with Gasteiger partial charge in [-0.2, -0.15) is 0 Å². The van der Waals surface area contributed by atoms with E-state index in [0.717, 1.165) is 31.9 Å². The lowest BCUT2D eigenvalue weighted by molar-refractivity contribution is 0.194. The van der Waals surface area contributed by atoms with Crippen molar-refractivity contribution in [2.24, 2.45) is 0 Å². The van der Waals surface area contributed by atoms with Crippen molar-refractivity contribution in [1.29, 1.82) is 0 Å². The number of urea groups is 1. The molecule has 2 aromatic rings. The van der Waals surface area contributed by atoms with Crippen LogP contribution in [0.25, 0.3) is 0 Å². The number of rotatable bonds is 4. The zero-order chi connectivity index (χ0) is 18.6. The van der Waals surface area contributed by atoms with Crippen LogP contribution in [0.3, 0.4) is 0 Å². The average molecular weight is 366 g/mol. The fourth-order valence-electron chi connectivity index (χ4n) is 3.96. The van der Waals surface area contributed by atoms with Crippen LogP contribution in [0.5, 0.6) is 0 Å². The molecule has 1 atom stereocenters. The van der Waals surface area contributed by atoms with Gasteiger partial charge in [-0.3, -0.25) is 4.98 Å². The summed E-state index contributed by atoms with van der Waals surface area (Å²) in [4.78, 5) is 27.4. The minimum absolute atomic E-state index is 0.0222. The van der Waals surface area contributed by atoms with Gasteiger partial charge >= 0.3 is 6.03 Å². The van der Waals surface area contributed by atoms with Crippen molar-refractivity contribution in [3.63, 3.8) is 0 Å². The van der Waals surface area contributed by atoms with Crippen LogP contribution in [0.2, 0.25) is 0 Å². The maximum atomic E-state index is 12.5. The molecule has 1 N–H and O–H groups in total. The molecule has 3 heterocycles. The highest BCUT2D eigenvalue weighted by Gasteiger charge is 2.26. The third kappa shape index (κ3) is 3.82. The molecule has 0 aliphatic carbocycles. The van der Waals surface area contributed by atoms with E-state index in [1.54, 1.807) is 18.6 Å². The Morgan fingerprint density at radius 3 is 2.78 bits per heavy atom. The normalized spacial score (nSPS) is 19.1. The quantitative estimate of drug-likeness (QED) is 0.893. The minimum Gasteiger partial charge on any atom is -0.367 e. The van der Waals surface area contributed by atoms with Crippen LogP contribution in [0, 0.1) is 0 Å². The average Bonchev–Trinajstić information content (AvgIpc) is 3.04. The number of amides is 2. The Kier molecular flexibility index (Phi) is 5.09. The number of anilines is 2. The van der Waals surface area contributed by atoms with Gasteiger partial charge in [0.15, 0.2) is 0 Å². The Morgan fingerprint density at radius 1 is 1.19 bits per heavy atom. The van der Waals surface area contributed by atoms with Gasteiger partial charge < -0.3 is 20.0 Å². The first kappa shape index (κ1) is 17.6. The fourth-order valence-corrected chi connectivity index (χ4v) is 3.96. The summed E-state index contributed by atoms with van der Waals surface area (Å²) in [6.07, 6.45) is 6.22. The molecule has 4 rings (SSSR count). The van der Waals surface area contributed by atoms with Crippen LogP contribution in [0.4, 0.5) is 16.3 Å². The molecule has 1 saturated heterocycles. The summed E-state index contributed by atoms with van der Waals surface area (Å²) in [5.41, 5.74) is 2.70. The Morgan fingerprint density at radius 2 is 2.00 bits per heavy atom. The Labute approximate surface area is 160 Å². The highest BCUT2D eigenvalue weighted by atomic mass is 16.2. The predicted molar refractivity (Wildman–Crippen MR) is 106 cm³/mol. The van der Waals surface area contributed by atoms with Crippen LogP contribution in [0.1, 0.15) is 12.5 Å². The maximum absolute atomic E-state index is 12.5. The first-order chi connectivity index (χ1) is 13.2. The molecule has 7 nitrogen and oxygen atoms in total. The summed E-state index contributed by atoms with van der Waals surface area (Å²) in [6, 6.07) is 9.05. The minimum atomic E-state index is 0.0222. The third-order valence-corrected chi connectivity index (χ3v) is 5.42. The van der Waals surface area contributed by atoms with E-state index in [9.17, 15) is 4.79 Å². The van der Waals surface area contributed by atoms with E-state index in [1.807, 2.05) is 4.90 Å². The molecular formula is C20H26N6O. The van der Waals surface area contributed by atoms with E-state index in [4.69, 9.17) is 0 Å². The molecule has 1 fully saturated rings. The summed E-state index contributed by atoms with van der Waals surface area (Å²) >= 11 is 0. The number of hydrogen-bond acceptors (Lipinski definition) is 5. The van der Waals surface area contributed by atoms with Gasteiger partial charge in [-0.05, 0) is 25.0 Å². The van der Waals surface area contributed by atoms with Crippen molar-refractivity contribution < 1.29 is 4.79 Å². The zero-order valence-corrected chi connectivity index (χ0v) is 15.7. The number of aromatic nitrogens is 2. The highest BCUT2D eigenvalue weighted by Crippen LogP contribution is 2.31. The monoisotopic (exact) mass is 366 g/mol. The van der Waals surface area contributed by atoms with E-state index >= 15 is 0 Å². The number of carbonyl (C=O) groups excluding carboxylic acids is 1. The van der Waals surface area contributed by atoms with Crippen LogP contribution < -0.4 is 15.1 Å². The van der Waals surface area contributed by atoms with Gasteiger partial charge in [0.25, 0.3) is 0 Å². The standard InChI is InChI=1S/C20H26N6O/c1-16-14-17-4-2-3-5-18(17)26(16)9-8-23-20(27)25-12-10-24(11-13-25)19-15-21-6-7-22-19/h2-7,15-16H,8-14H2,1H3,(H,23,27)/t16-/m1/s1. The Bertz CT molecular complexity index is 775. The number of para-hydroxylation sites is 1. The summed E-state index contributed by atoms with van der Waals surface area (Å²) in [5.74, 6) is 0.874. The second-order valence-electron chi connectivity index (χ2n) is 7.14. The van der Waals surface area contributed by atoms with Crippen molar-refractivity contribution in [3.8, 4) is 0 Å². The first-order valence-corrected chi connectivity index (χ1v) is 9.60. The molecule has 0 bridgehead atoms. The second-order valence-corrected chi connectivity index (χ2v) is 7.14. The Hall–Kier alpha value is -2.83. The fraction of sp³-hybridized carbons (Fsp3) is 0.450. The van der Waals surface area contributed by atoms with Gasteiger partial charge in [-0.25, -0.2) is 9.78 Å². The lowest BCUT2D eigenvalue weighted by Crippen LogP contribution is -2.53. The van der Waals surface area contributed by atoms with Gasteiger partial charge in [-0.15, -0.1) is 0 Å². The summed E-state index contributed by atoms with van der Waals surface area (Å²) in [6.45, 7) is 6.70. The van der Waals surface area contributed by atoms with Crippen molar-refractivity contribution in [1.82, 2.24) is 20.2 Å². The summed E-state index contributed by atoms with van der Waals surface area (Å²) in [5, 5.41) is 3.08. The van der Waals surface area contributed by atoms with Crippen LogP contribution in [0.15, 0.2) is 42.9 Å². The molecule has 7 heteroatoms. The number of benzene rings is 1. The molecule has 142 valence electrons. The van der Waals surface area contributed by atoms with Crippen LogP contribution in [-0.4, -0.2) is 66.2 Å². The molecule has 1 aromatic carbocycles. The van der Waals surface area contributed by atoms with Crippen molar-refractivity contribution in [2.75, 3.05) is 49.1 Å². The van der Waals surface area contributed by atoms with E-state index in [2.05, 4.69) is 56.3 Å². The topological polar surface area (TPSA) is 64.6 Å². The highest BCUT2D eigenvalue weighted by molar-refractivity contribution is 5.74. The predicted octanol–water partition coefficient (Wildman–Crippen LogP) is 1.76. The van der Waals surface area contributed by atoms with Crippen molar-refractivity contribution in [2.45, 2.75) is 19.4 Å². The summed E-state index contributed by atoms with van der Waals surface area (Å²) < 4.78 is 0. The molecule has 2 aliphatic rings. The van der Waals surface area contributed by atoms with E-state index in [1.165, 1.54) is 11.3 Å². The molecule has 0 spiro atoms. The lowest BCUT2D eigenvalue weighted by Gasteiger charge is -2.35. The van der Waals surface area contributed by atoms with Gasteiger partial charge in [0.1, 0.15) is 5.82 Å². The smallest absolute Gasteiger partial charge is 0.317 e. The largest absolute Gasteiger partial charge is 0.367 e. The van der Waals surface area contributed by atoms with E-state index in [-0.39, 0.29) is 6.03 Å². The van der Waals surface area contributed by atoms with Gasteiger partial charge in [0.2, 0.25) is 0 Å². The summed E-state index contributed by atoms with van der Waals surface area (Å²) in [7, 11) is 0. The SMILES string of the molecule is C[C@@H]1Cc2ccccc2N1CCNC(=O)N1CCN(c2cnccn2)CC1. The number of nitrogens with one attached hydrogen (secondary N) is 1. The van der Waals surface area contributed by atoms with E-state index in [0.29, 0.717) is 25.7 Å². The van der Waals surface area contributed by atoms with Crippen LogP contribution in [-0.2, 0) is 6.42 Å². The van der Waals surface area contributed by atoms with Gasteiger partial charge in [0, 0.05) is 63.4 Å². The maximum Gasteiger partial charge on any atom is 0.317 e. The second kappa shape index (κ2) is 7.82. The zero-order valence-electron chi connectivity index (χ0n) is 15.7. The van der Waals surface area contributed by atoms with Gasteiger partial charge in [0.05, 0.1) is 6.20 Å². The Balaban J connectivity index is 1.24. The molecule has 2 aliphatic heterocycles. The molecule has 0 saturated carbocycles. The number of hydrogen-bond donors (Lipinski definition) is 1. The van der Waals surface area contributed by atoms with Crippen LogP contribution >= 0.6 is 0 Å². The third-order valence-electron chi connectivity index (χ3n) is 5.42. The number of carbonyl (C=O) groups is 1. The molecular weight excluding hydrogens is 340 g/mol. The molecule has 27 heavy (non-hydrogen) atoms.